The molecule has 0 saturated heterocycles. The molecular formula is C13H23N3O2. The zero-order chi connectivity index (χ0) is 13.2. The summed E-state index contributed by atoms with van der Waals surface area (Å²) in [6, 6.07) is 0. The van der Waals surface area contributed by atoms with Crippen LogP contribution in [-0.2, 0) is 13.0 Å². The summed E-state index contributed by atoms with van der Waals surface area (Å²) in [5.74, 6) is 1.24. The van der Waals surface area contributed by atoms with Crippen molar-refractivity contribution in [2.45, 2.75) is 64.2 Å². The molecule has 2 N–H and O–H groups in total. The van der Waals surface area contributed by atoms with Gasteiger partial charge in [-0.2, -0.15) is 5.10 Å². The van der Waals surface area contributed by atoms with E-state index >= 15 is 0 Å². The fraction of sp³-hybridized carbons (Fsp3) is 0.846. The zero-order valence-corrected chi connectivity index (χ0v) is 11.2. The Morgan fingerprint density at radius 2 is 2.06 bits per heavy atom. The molecule has 2 rings (SSSR count). The highest BCUT2D eigenvalue weighted by atomic mass is 16.3. The summed E-state index contributed by atoms with van der Waals surface area (Å²) in [5, 5.41) is 24.7. The van der Waals surface area contributed by atoms with Crippen molar-refractivity contribution in [3.05, 3.63) is 12.2 Å². The number of nitrogens with zero attached hydrogens (tertiary/aromatic N) is 3. The SMILES string of the molecule is CC(C)Cn1ncnc1CC(O)C1(O)CCCC1. The largest absolute Gasteiger partial charge is 0.390 e. The van der Waals surface area contributed by atoms with Crippen LogP contribution < -0.4 is 0 Å². The van der Waals surface area contributed by atoms with Crippen molar-refractivity contribution in [2.75, 3.05) is 0 Å². The Balaban J connectivity index is 2.02. The summed E-state index contributed by atoms with van der Waals surface area (Å²) in [7, 11) is 0. The molecule has 18 heavy (non-hydrogen) atoms. The number of aliphatic hydroxyl groups is 2. The van der Waals surface area contributed by atoms with Crippen LogP contribution in [0.4, 0.5) is 0 Å². The van der Waals surface area contributed by atoms with Gasteiger partial charge in [0.25, 0.3) is 0 Å². The zero-order valence-electron chi connectivity index (χ0n) is 11.2. The van der Waals surface area contributed by atoms with Crippen LogP contribution in [0.1, 0.15) is 45.4 Å². The lowest BCUT2D eigenvalue weighted by Gasteiger charge is -2.28. The molecule has 1 aromatic heterocycles. The maximum Gasteiger partial charge on any atom is 0.138 e. The van der Waals surface area contributed by atoms with E-state index in [1.165, 1.54) is 6.33 Å². The molecule has 0 aliphatic heterocycles. The van der Waals surface area contributed by atoms with Gasteiger partial charge in [0.15, 0.2) is 0 Å². The summed E-state index contributed by atoms with van der Waals surface area (Å²) in [4.78, 5) is 4.19. The molecule has 1 heterocycles. The first-order valence-corrected chi connectivity index (χ1v) is 6.78. The van der Waals surface area contributed by atoms with Gasteiger partial charge in [0.05, 0.1) is 11.7 Å². The van der Waals surface area contributed by atoms with Gasteiger partial charge < -0.3 is 10.2 Å². The quantitative estimate of drug-likeness (QED) is 0.825. The van der Waals surface area contributed by atoms with Crippen molar-refractivity contribution in [3.63, 3.8) is 0 Å². The Hall–Kier alpha value is -0.940. The standard InChI is InChI=1S/C13H23N3O2/c1-10(2)8-16-12(14-9-15-16)7-11(17)13(18)5-3-4-6-13/h9-11,17-18H,3-8H2,1-2H3. The van der Waals surface area contributed by atoms with E-state index in [4.69, 9.17) is 0 Å². The minimum atomic E-state index is -0.922. The Kier molecular flexibility index (Phi) is 4.02. The molecule has 0 amide bonds. The van der Waals surface area contributed by atoms with Crippen molar-refractivity contribution in [3.8, 4) is 0 Å². The molecule has 102 valence electrons. The molecule has 0 aromatic carbocycles. The highest BCUT2D eigenvalue weighted by Crippen LogP contribution is 2.33. The summed E-state index contributed by atoms with van der Waals surface area (Å²) >= 11 is 0. The fourth-order valence-electron chi connectivity index (χ4n) is 2.63. The summed E-state index contributed by atoms with van der Waals surface area (Å²) < 4.78 is 1.83. The van der Waals surface area contributed by atoms with E-state index in [1.54, 1.807) is 0 Å². The number of hydrogen-bond donors (Lipinski definition) is 2. The molecule has 1 saturated carbocycles. The Morgan fingerprint density at radius 3 is 2.67 bits per heavy atom. The second-order valence-corrected chi connectivity index (χ2v) is 5.78. The lowest BCUT2D eigenvalue weighted by atomic mass is 9.92. The highest BCUT2D eigenvalue weighted by molar-refractivity contribution is 4.97. The molecule has 1 aliphatic carbocycles. The van der Waals surface area contributed by atoms with Gasteiger partial charge in [-0.15, -0.1) is 0 Å². The third-order valence-corrected chi connectivity index (χ3v) is 3.70. The van der Waals surface area contributed by atoms with Gasteiger partial charge in [0.2, 0.25) is 0 Å². The molecule has 0 bridgehead atoms. The van der Waals surface area contributed by atoms with Crippen LogP contribution in [0, 0.1) is 5.92 Å². The molecule has 0 spiro atoms. The first kappa shape index (κ1) is 13.5. The van der Waals surface area contributed by atoms with E-state index in [-0.39, 0.29) is 0 Å². The van der Waals surface area contributed by atoms with Gasteiger partial charge in [0, 0.05) is 13.0 Å². The van der Waals surface area contributed by atoms with Gasteiger partial charge in [-0.05, 0) is 18.8 Å². The predicted octanol–water partition coefficient (Wildman–Crippen LogP) is 1.14. The first-order chi connectivity index (χ1) is 8.51. The van der Waals surface area contributed by atoms with Crippen LogP contribution in [0.3, 0.4) is 0 Å². The van der Waals surface area contributed by atoms with E-state index in [2.05, 4.69) is 23.9 Å². The minimum absolute atomic E-state index is 0.378. The van der Waals surface area contributed by atoms with Crippen molar-refractivity contribution < 1.29 is 10.2 Å². The predicted molar refractivity (Wildman–Crippen MR) is 68.0 cm³/mol. The average Bonchev–Trinajstić information content (AvgIpc) is 2.89. The Bertz CT molecular complexity index is 383. The number of aliphatic hydroxyl groups excluding tert-OH is 1. The van der Waals surface area contributed by atoms with Gasteiger partial charge in [-0.25, -0.2) is 9.67 Å². The van der Waals surface area contributed by atoms with Gasteiger partial charge in [0.1, 0.15) is 12.2 Å². The molecule has 5 nitrogen and oxygen atoms in total. The average molecular weight is 253 g/mol. The lowest BCUT2D eigenvalue weighted by Crippen LogP contribution is -2.41. The lowest BCUT2D eigenvalue weighted by molar-refractivity contribution is -0.0700. The summed E-state index contributed by atoms with van der Waals surface area (Å²) in [5.41, 5.74) is -0.922. The normalized spacial score (nSPS) is 20.5. The van der Waals surface area contributed by atoms with Crippen molar-refractivity contribution in [1.82, 2.24) is 14.8 Å². The third kappa shape index (κ3) is 2.90. The van der Waals surface area contributed by atoms with Crippen LogP contribution in [0.2, 0.25) is 0 Å². The fourth-order valence-corrected chi connectivity index (χ4v) is 2.63. The molecule has 1 unspecified atom stereocenters. The van der Waals surface area contributed by atoms with Crippen LogP contribution in [0.25, 0.3) is 0 Å². The number of hydrogen-bond acceptors (Lipinski definition) is 4. The minimum Gasteiger partial charge on any atom is -0.390 e. The molecule has 1 atom stereocenters. The maximum atomic E-state index is 10.3. The van der Waals surface area contributed by atoms with Crippen molar-refractivity contribution in [1.29, 1.82) is 0 Å². The topological polar surface area (TPSA) is 71.2 Å². The molecule has 1 aliphatic rings. The van der Waals surface area contributed by atoms with Gasteiger partial charge in [-0.1, -0.05) is 26.7 Å². The highest BCUT2D eigenvalue weighted by Gasteiger charge is 2.39. The van der Waals surface area contributed by atoms with E-state index < -0.39 is 11.7 Å². The van der Waals surface area contributed by atoms with Crippen LogP contribution >= 0.6 is 0 Å². The second-order valence-electron chi connectivity index (χ2n) is 5.78. The molecular weight excluding hydrogens is 230 g/mol. The van der Waals surface area contributed by atoms with E-state index in [0.29, 0.717) is 25.2 Å². The second kappa shape index (κ2) is 5.36. The third-order valence-electron chi connectivity index (χ3n) is 3.70. The molecule has 1 aromatic rings. The number of rotatable bonds is 5. The Labute approximate surface area is 108 Å². The van der Waals surface area contributed by atoms with Gasteiger partial charge >= 0.3 is 0 Å². The smallest absolute Gasteiger partial charge is 0.138 e. The van der Waals surface area contributed by atoms with Crippen LogP contribution in [0.15, 0.2) is 6.33 Å². The molecule has 1 fully saturated rings. The number of aromatic nitrogens is 3. The maximum absolute atomic E-state index is 10.3. The van der Waals surface area contributed by atoms with Crippen LogP contribution in [0.5, 0.6) is 0 Å². The van der Waals surface area contributed by atoms with Gasteiger partial charge in [-0.3, -0.25) is 0 Å². The molecule has 5 heteroatoms. The first-order valence-electron chi connectivity index (χ1n) is 6.78. The van der Waals surface area contributed by atoms with Crippen molar-refractivity contribution in [2.24, 2.45) is 5.92 Å². The van der Waals surface area contributed by atoms with E-state index in [9.17, 15) is 10.2 Å². The van der Waals surface area contributed by atoms with E-state index in [0.717, 1.165) is 25.2 Å². The monoisotopic (exact) mass is 253 g/mol. The van der Waals surface area contributed by atoms with E-state index in [1.807, 2.05) is 4.68 Å². The Morgan fingerprint density at radius 1 is 1.39 bits per heavy atom. The summed E-state index contributed by atoms with van der Waals surface area (Å²) in [6.07, 6.45) is 4.51. The van der Waals surface area contributed by atoms with Crippen LogP contribution in [-0.4, -0.2) is 36.7 Å². The summed E-state index contributed by atoms with van der Waals surface area (Å²) in [6.45, 7) is 5.03. The van der Waals surface area contributed by atoms with Crippen molar-refractivity contribution >= 4 is 0 Å². The molecule has 0 radical (unpaired) electrons.